The van der Waals surface area contributed by atoms with Gasteiger partial charge in [-0.25, -0.2) is 0 Å². The van der Waals surface area contributed by atoms with Crippen LogP contribution in [0, 0.1) is 0 Å². The minimum absolute atomic E-state index is 0.0488. The topological polar surface area (TPSA) is 41.1 Å². The molecule has 0 saturated heterocycles. The molecule has 2 fully saturated rings. The highest BCUT2D eigenvalue weighted by Gasteiger charge is 2.27. The van der Waals surface area contributed by atoms with Gasteiger partial charge in [0.25, 0.3) is 0 Å². The summed E-state index contributed by atoms with van der Waals surface area (Å²) in [5, 5.41) is 7.55. The van der Waals surface area contributed by atoms with E-state index in [1.54, 1.807) is 0 Å². The summed E-state index contributed by atoms with van der Waals surface area (Å²) in [6.07, 6.45) is 9.94. The van der Waals surface area contributed by atoms with E-state index >= 15 is 0 Å². The van der Waals surface area contributed by atoms with Crippen LogP contribution in [-0.2, 0) is 4.79 Å². The van der Waals surface area contributed by atoms with E-state index in [1.807, 2.05) is 6.92 Å². The molecule has 20 heavy (non-hydrogen) atoms. The Labute approximate surface area is 128 Å². The molecule has 0 aromatic heterocycles. The van der Waals surface area contributed by atoms with Crippen molar-refractivity contribution in [1.29, 1.82) is 0 Å². The molecule has 1 amide bonds. The molecule has 0 aromatic rings. The molecule has 3 unspecified atom stereocenters. The van der Waals surface area contributed by atoms with Crippen LogP contribution in [0.2, 0.25) is 0 Å². The maximum atomic E-state index is 12.2. The third kappa shape index (κ3) is 4.96. The fourth-order valence-corrected chi connectivity index (χ4v) is 4.62. The van der Waals surface area contributed by atoms with Gasteiger partial charge in [0.05, 0.1) is 6.04 Å². The highest BCUT2D eigenvalue weighted by Crippen LogP contribution is 2.29. The second kappa shape index (κ2) is 8.28. The van der Waals surface area contributed by atoms with E-state index in [0.29, 0.717) is 12.1 Å². The van der Waals surface area contributed by atoms with E-state index < -0.39 is 0 Å². The Hall–Kier alpha value is -0.220. The van der Waals surface area contributed by atoms with Crippen LogP contribution in [0.3, 0.4) is 0 Å². The quantitative estimate of drug-likeness (QED) is 0.792. The van der Waals surface area contributed by atoms with Gasteiger partial charge in [0, 0.05) is 17.3 Å². The number of amides is 1. The van der Waals surface area contributed by atoms with Crippen LogP contribution in [0.25, 0.3) is 0 Å². The maximum Gasteiger partial charge on any atom is 0.237 e. The van der Waals surface area contributed by atoms with Gasteiger partial charge in [-0.15, -0.1) is 0 Å². The number of nitrogens with one attached hydrogen (secondary N) is 2. The van der Waals surface area contributed by atoms with Crippen molar-refractivity contribution < 1.29 is 4.79 Å². The van der Waals surface area contributed by atoms with Gasteiger partial charge >= 0.3 is 0 Å². The van der Waals surface area contributed by atoms with Crippen molar-refractivity contribution in [2.24, 2.45) is 0 Å². The Morgan fingerprint density at radius 2 is 1.90 bits per heavy atom. The Balaban J connectivity index is 1.68. The zero-order valence-electron chi connectivity index (χ0n) is 13.0. The third-order valence-electron chi connectivity index (χ3n) is 4.62. The van der Waals surface area contributed by atoms with E-state index in [2.05, 4.69) is 29.3 Å². The molecule has 0 aliphatic heterocycles. The van der Waals surface area contributed by atoms with Crippen molar-refractivity contribution in [3.8, 4) is 0 Å². The number of carbonyl (C=O) groups is 1. The summed E-state index contributed by atoms with van der Waals surface area (Å²) in [5.41, 5.74) is 0. The van der Waals surface area contributed by atoms with Crippen LogP contribution in [0.4, 0.5) is 0 Å². The lowest BCUT2D eigenvalue weighted by atomic mass is 9.95. The lowest BCUT2D eigenvalue weighted by Crippen LogP contribution is -2.49. The summed E-state index contributed by atoms with van der Waals surface area (Å²) in [6.45, 7) is 4.24. The van der Waals surface area contributed by atoms with Crippen molar-refractivity contribution in [2.75, 3.05) is 5.75 Å². The first-order chi connectivity index (χ1) is 9.69. The second-order valence-electron chi connectivity index (χ2n) is 6.32. The second-order valence-corrected chi connectivity index (χ2v) is 7.90. The van der Waals surface area contributed by atoms with E-state index in [4.69, 9.17) is 0 Å². The Kier molecular flexibility index (Phi) is 6.69. The van der Waals surface area contributed by atoms with Gasteiger partial charge in [-0.2, -0.15) is 11.8 Å². The average Bonchev–Trinajstić information content (AvgIpc) is 2.87. The van der Waals surface area contributed by atoms with E-state index in [9.17, 15) is 4.79 Å². The molecule has 2 aliphatic carbocycles. The first-order valence-electron chi connectivity index (χ1n) is 8.37. The molecular weight excluding hydrogens is 268 g/mol. The number of thioether (sulfide) groups is 1. The average molecular weight is 298 g/mol. The third-order valence-corrected chi connectivity index (χ3v) is 5.85. The monoisotopic (exact) mass is 298 g/mol. The molecule has 2 aliphatic rings. The zero-order valence-corrected chi connectivity index (χ0v) is 13.8. The van der Waals surface area contributed by atoms with Crippen molar-refractivity contribution in [3.05, 3.63) is 0 Å². The van der Waals surface area contributed by atoms with Crippen LogP contribution in [0.15, 0.2) is 0 Å². The summed E-state index contributed by atoms with van der Waals surface area (Å²) >= 11 is 2.07. The highest BCUT2D eigenvalue weighted by atomic mass is 32.2. The molecule has 4 heteroatoms. The molecule has 0 bridgehead atoms. The maximum absolute atomic E-state index is 12.2. The number of hydrogen-bond donors (Lipinski definition) is 2. The van der Waals surface area contributed by atoms with Crippen molar-refractivity contribution in [1.82, 2.24) is 10.6 Å². The van der Waals surface area contributed by atoms with Gasteiger partial charge in [0.1, 0.15) is 0 Å². The predicted molar refractivity (Wildman–Crippen MR) is 87.2 cm³/mol. The smallest absolute Gasteiger partial charge is 0.237 e. The molecule has 0 heterocycles. The van der Waals surface area contributed by atoms with E-state index in [0.717, 1.165) is 18.1 Å². The molecular formula is C16H30N2OS. The summed E-state index contributed by atoms with van der Waals surface area (Å²) in [7, 11) is 0. The lowest BCUT2D eigenvalue weighted by Gasteiger charge is -2.26. The molecule has 0 spiro atoms. The number of rotatable bonds is 6. The van der Waals surface area contributed by atoms with Crippen LogP contribution in [-0.4, -0.2) is 35.0 Å². The van der Waals surface area contributed by atoms with Crippen LogP contribution in [0.5, 0.6) is 0 Å². The molecule has 3 atom stereocenters. The first kappa shape index (κ1) is 16.2. The Bertz CT molecular complexity index is 305. The summed E-state index contributed by atoms with van der Waals surface area (Å²) in [6, 6.07) is 0.908. The predicted octanol–water partition coefficient (Wildman–Crippen LogP) is 3.09. The summed E-state index contributed by atoms with van der Waals surface area (Å²) in [5.74, 6) is 1.40. The number of hydrogen-bond acceptors (Lipinski definition) is 3. The zero-order chi connectivity index (χ0) is 14.4. The molecule has 3 nitrogen and oxygen atoms in total. The highest BCUT2D eigenvalue weighted by molar-refractivity contribution is 7.99. The number of carbonyl (C=O) groups excluding carboxylic acids is 1. The first-order valence-corrected chi connectivity index (χ1v) is 9.42. The van der Waals surface area contributed by atoms with Gasteiger partial charge in [0.15, 0.2) is 0 Å². The Morgan fingerprint density at radius 1 is 1.15 bits per heavy atom. The van der Waals surface area contributed by atoms with Crippen molar-refractivity contribution in [3.63, 3.8) is 0 Å². The van der Waals surface area contributed by atoms with E-state index in [1.165, 1.54) is 44.3 Å². The molecule has 0 aromatic carbocycles. The van der Waals surface area contributed by atoms with Crippen LogP contribution < -0.4 is 10.6 Å². The van der Waals surface area contributed by atoms with Gasteiger partial charge in [-0.1, -0.05) is 26.2 Å². The molecule has 116 valence electrons. The minimum atomic E-state index is -0.0488. The van der Waals surface area contributed by atoms with E-state index in [-0.39, 0.29) is 11.9 Å². The van der Waals surface area contributed by atoms with Gasteiger partial charge in [-0.05, 0) is 44.8 Å². The summed E-state index contributed by atoms with van der Waals surface area (Å²) < 4.78 is 0. The molecule has 2 N–H and O–H groups in total. The molecule has 2 saturated carbocycles. The molecule has 2 rings (SSSR count). The van der Waals surface area contributed by atoms with Gasteiger partial charge < -0.3 is 10.6 Å². The normalized spacial score (nSPS) is 29.3. The van der Waals surface area contributed by atoms with Crippen molar-refractivity contribution >= 4 is 17.7 Å². The fraction of sp³-hybridized carbons (Fsp3) is 0.938. The van der Waals surface area contributed by atoms with Crippen LogP contribution >= 0.6 is 11.8 Å². The fourth-order valence-electron chi connectivity index (χ4n) is 3.48. The standard InChI is InChI=1S/C16H30N2OS/c1-3-20-15-10-9-14(11-15)17-12(2)16(19)18-13-7-5-4-6-8-13/h12-15,17H,3-11H2,1-2H3,(H,18,19). The Morgan fingerprint density at radius 3 is 2.60 bits per heavy atom. The largest absolute Gasteiger partial charge is 0.352 e. The molecule has 0 radical (unpaired) electrons. The minimum Gasteiger partial charge on any atom is -0.352 e. The lowest BCUT2D eigenvalue weighted by molar-refractivity contribution is -0.123. The van der Waals surface area contributed by atoms with Crippen molar-refractivity contribution in [2.45, 2.75) is 88.6 Å². The van der Waals surface area contributed by atoms with Gasteiger partial charge in [0.2, 0.25) is 5.91 Å². The summed E-state index contributed by atoms with van der Waals surface area (Å²) in [4.78, 5) is 12.2. The van der Waals surface area contributed by atoms with Gasteiger partial charge in [-0.3, -0.25) is 4.79 Å². The SMILES string of the molecule is CCSC1CCC(NC(C)C(=O)NC2CCCCC2)C1. The van der Waals surface area contributed by atoms with Crippen LogP contribution in [0.1, 0.15) is 65.2 Å².